The number of methoxy groups -OCH3 is 1. The standard InChI is InChI=1S/C20H18ClFN4O2/c1-28-16-7-13(22)6-14(8-16)25-19-4-5-26(20(19)27)15-2-3-17(18(21)9-15)12-10-23-24-11-12/h2-3,6-11,19,25H,4-5H2,1H3,(H,23,24). The summed E-state index contributed by atoms with van der Waals surface area (Å²) in [7, 11) is 1.47. The minimum atomic E-state index is -0.446. The molecule has 1 aliphatic rings. The highest BCUT2D eigenvalue weighted by Gasteiger charge is 2.33. The highest BCUT2D eigenvalue weighted by atomic mass is 35.5. The summed E-state index contributed by atoms with van der Waals surface area (Å²) in [6.07, 6.45) is 4.04. The second kappa shape index (κ2) is 7.52. The third-order valence-electron chi connectivity index (χ3n) is 4.73. The summed E-state index contributed by atoms with van der Waals surface area (Å²) in [5.41, 5.74) is 2.95. The molecule has 1 fully saturated rings. The van der Waals surface area contributed by atoms with Crippen molar-refractivity contribution in [3.8, 4) is 16.9 Å². The molecule has 2 N–H and O–H groups in total. The van der Waals surface area contributed by atoms with Crippen LogP contribution in [0.25, 0.3) is 11.1 Å². The first-order valence-electron chi connectivity index (χ1n) is 8.76. The SMILES string of the molecule is COc1cc(F)cc(NC2CCN(c3ccc(-c4cn[nH]c4)c(Cl)c3)C2=O)c1. The van der Waals surface area contributed by atoms with Crippen LogP contribution in [0.4, 0.5) is 15.8 Å². The van der Waals surface area contributed by atoms with Crippen molar-refractivity contribution in [1.29, 1.82) is 0 Å². The van der Waals surface area contributed by atoms with Crippen LogP contribution in [0.3, 0.4) is 0 Å². The molecule has 1 atom stereocenters. The highest BCUT2D eigenvalue weighted by molar-refractivity contribution is 6.33. The topological polar surface area (TPSA) is 70.2 Å². The van der Waals surface area contributed by atoms with Crippen LogP contribution < -0.4 is 15.0 Å². The Balaban J connectivity index is 1.51. The van der Waals surface area contributed by atoms with Crippen molar-refractivity contribution in [3.05, 3.63) is 59.6 Å². The summed E-state index contributed by atoms with van der Waals surface area (Å²) in [6, 6.07) is 9.35. The molecular weight excluding hydrogens is 383 g/mol. The normalized spacial score (nSPS) is 16.5. The summed E-state index contributed by atoms with van der Waals surface area (Å²) >= 11 is 6.41. The Labute approximate surface area is 166 Å². The Morgan fingerprint density at radius 3 is 2.89 bits per heavy atom. The molecule has 2 heterocycles. The number of ether oxygens (including phenoxy) is 1. The fraction of sp³-hybridized carbons (Fsp3) is 0.200. The zero-order valence-electron chi connectivity index (χ0n) is 15.1. The number of amides is 1. The number of anilines is 2. The predicted molar refractivity (Wildman–Crippen MR) is 106 cm³/mol. The van der Waals surface area contributed by atoms with E-state index in [9.17, 15) is 9.18 Å². The molecule has 1 unspecified atom stereocenters. The van der Waals surface area contributed by atoms with Gasteiger partial charge in [0.25, 0.3) is 0 Å². The van der Waals surface area contributed by atoms with E-state index < -0.39 is 11.9 Å². The van der Waals surface area contributed by atoms with Crippen LogP contribution >= 0.6 is 11.6 Å². The molecule has 0 spiro atoms. The summed E-state index contributed by atoms with van der Waals surface area (Å²) in [4.78, 5) is 14.5. The van der Waals surface area contributed by atoms with E-state index in [4.69, 9.17) is 16.3 Å². The van der Waals surface area contributed by atoms with Crippen molar-refractivity contribution in [2.75, 3.05) is 23.9 Å². The van der Waals surface area contributed by atoms with Crippen molar-refractivity contribution in [2.45, 2.75) is 12.5 Å². The minimum absolute atomic E-state index is 0.0876. The third kappa shape index (κ3) is 3.53. The lowest BCUT2D eigenvalue weighted by Gasteiger charge is -2.19. The van der Waals surface area contributed by atoms with Gasteiger partial charge in [0.1, 0.15) is 17.6 Å². The van der Waals surface area contributed by atoms with Crippen LogP contribution in [-0.2, 0) is 4.79 Å². The Morgan fingerprint density at radius 1 is 1.32 bits per heavy atom. The molecule has 6 nitrogen and oxygen atoms in total. The Bertz CT molecular complexity index is 1010. The molecule has 0 saturated carbocycles. The van der Waals surface area contributed by atoms with Gasteiger partial charge in [-0.3, -0.25) is 9.89 Å². The van der Waals surface area contributed by atoms with Gasteiger partial charge in [0.05, 0.1) is 18.3 Å². The number of aromatic amines is 1. The third-order valence-corrected chi connectivity index (χ3v) is 5.04. The van der Waals surface area contributed by atoms with Crippen molar-refractivity contribution in [3.63, 3.8) is 0 Å². The first-order chi connectivity index (χ1) is 13.5. The minimum Gasteiger partial charge on any atom is -0.497 e. The maximum Gasteiger partial charge on any atom is 0.249 e. The van der Waals surface area contributed by atoms with E-state index in [1.165, 1.54) is 19.2 Å². The molecule has 3 aromatic rings. The van der Waals surface area contributed by atoms with Gasteiger partial charge in [-0.25, -0.2) is 4.39 Å². The quantitative estimate of drug-likeness (QED) is 0.676. The van der Waals surface area contributed by atoms with E-state index in [0.717, 1.165) is 16.8 Å². The second-order valence-electron chi connectivity index (χ2n) is 6.51. The fourth-order valence-corrected chi connectivity index (χ4v) is 3.62. The van der Waals surface area contributed by atoms with Crippen LogP contribution in [0.15, 0.2) is 48.8 Å². The number of rotatable bonds is 5. The maximum absolute atomic E-state index is 13.7. The van der Waals surface area contributed by atoms with Gasteiger partial charge < -0.3 is 15.0 Å². The average Bonchev–Trinajstić information content (AvgIpc) is 3.32. The Hall–Kier alpha value is -3.06. The van der Waals surface area contributed by atoms with Gasteiger partial charge in [0, 0.05) is 47.4 Å². The van der Waals surface area contributed by atoms with Crippen LogP contribution in [-0.4, -0.2) is 35.8 Å². The number of hydrogen-bond donors (Lipinski definition) is 2. The van der Waals surface area contributed by atoms with Gasteiger partial charge >= 0.3 is 0 Å². The van der Waals surface area contributed by atoms with Gasteiger partial charge in [-0.15, -0.1) is 0 Å². The van der Waals surface area contributed by atoms with Gasteiger partial charge in [-0.05, 0) is 24.6 Å². The molecule has 0 bridgehead atoms. The lowest BCUT2D eigenvalue weighted by molar-refractivity contribution is -0.117. The molecular formula is C20H18ClFN4O2. The van der Waals surface area contributed by atoms with E-state index in [0.29, 0.717) is 29.4 Å². The summed E-state index contributed by atoms with van der Waals surface area (Å²) in [5.74, 6) is -0.118. The summed E-state index contributed by atoms with van der Waals surface area (Å²) in [6.45, 7) is 0.546. The van der Waals surface area contributed by atoms with Crippen LogP contribution in [0.1, 0.15) is 6.42 Å². The van der Waals surface area contributed by atoms with Crippen molar-refractivity contribution < 1.29 is 13.9 Å². The molecule has 1 saturated heterocycles. The molecule has 8 heteroatoms. The Kier molecular flexibility index (Phi) is 4.92. The largest absolute Gasteiger partial charge is 0.497 e. The van der Waals surface area contributed by atoms with E-state index in [2.05, 4.69) is 15.5 Å². The van der Waals surface area contributed by atoms with Gasteiger partial charge in [0.2, 0.25) is 5.91 Å². The molecule has 0 aliphatic carbocycles. The van der Waals surface area contributed by atoms with E-state index >= 15 is 0 Å². The van der Waals surface area contributed by atoms with E-state index in [1.54, 1.807) is 29.4 Å². The molecule has 0 radical (unpaired) electrons. The van der Waals surface area contributed by atoms with E-state index in [1.807, 2.05) is 12.1 Å². The number of H-pyrrole nitrogens is 1. The second-order valence-corrected chi connectivity index (χ2v) is 6.91. The van der Waals surface area contributed by atoms with Gasteiger partial charge in [-0.2, -0.15) is 5.10 Å². The van der Waals surface area contributed by atoms with Crippen molar-refractivity contribution >= 4 is 28.9 Å². The number of aromatic nitrogens is 2. The summed E-state index contributed by atoms with van der Waals surface area (Å²) in [5, 5.41) is 10.3. The molecule has 28 heavy (non-hydrogen) atoms. The molecule has 2 aromatic carbocycles. The predicted octanol–water partition coefficient (Wildman–Crippen LogP) is 4.10. The molecule has 4 rings (SSSR count). The lowest BCUT2D eigenvalue weighted by atomic mass is 10.1. The number of benzene rings is 2. The van der Waals surface area contributed by atoms with Crippen molar-refractivity contribution in [1.82, 2.24) is 10.2 Å². The molecule has 1 amide bonds. The molecule has 1 aromatic heterocycles. The smallest absolute Gasteiger partial charge is 0.249 e. The van der Waals surface area contributed by atoms with Gasteiger partial charge in [-0.1, -0.05) is 17.7 Å². The zero-order valence-corrected chi connectivity index (χ0v) is 15.8. The zero-order chi connectivity index (χ0) is 19.7. The molecule has 1 aliphatic heterocycles. The highest BCUT2D eigenvalue weighted by Crippen LogP contribution is 2.33. The number of nitrogens with zero attached hydrogens (tertiary/aromatic N) is 2. The number of carbonyl (C=O) groups is 1. The summed E-state index contributed by atoms with van der Waals surface area (Å²) < 4.78 is 18.8. The van der Waals surface area contributed by atoms with Gasteiger partial charge in [0.15, 0.2) is 0 Å². The monoisotopic (exact) mass is 400 g/mol. The van der Waals surface area contributed by atoms with Crippen LogP contribution in [0.2, 0.25) is 5.02 Å². The number of hydrogen-bond acceptors (Lipinski definition) is 4. The Morgan fingerprint density at radius 2 is 2.18 bits per heavy atom. The lowest BCUT2D eigenvalue weighted by Crippen LogP contribution is -2.33. The molecule has 144 valence electrons. The van der Waals surface area contributed by atoms with E-state index in [-0.39, 0.29) is 5.91 Å². The first kappa shape index (κ1) is 18.3. The number of carbonyl (C=O) groups excluding carboxylic acids is 1. The fourth-order valence-electron chi connectivity index (χ4n) is 3.34. The van der Waals surface area contributed by atoms with Crippen molar-refractivity contribution in [2.24, 2.45) is 0 Å². The maximum atomic E-state index is 13.7. The number of nitrogens with one attached hydrogen (secondary N) is 2. The van der Waals surface area contributed by atoms with Crippen LogP contribution in [0.5, 0.6) is 5.75 Å². The average molecular weight is 401 g/mol. The van der Waals surface area contributed by atoms with Crippen LogP contribution in [0, 0.1) is 5.82 Å². The first-order valence-corrected chi connectivity index (χ1v) is 9.14. The number of halogens is 2.